The van der Waals surface area contributed by atoms with Gasteiger partial charge < -0.3 is 10.2 Å². The van der Waals surface area contributed by atoms with E-state index < -0.39 is 0 Å². The van der Waals surface area contributed by atoms with Crippen LogP contribution in [0.5, 0.6) is 0 Å². The van der Waals surface area contributed by atoms with Crippen LogP contribution in [0.3, 0.4) is 0 Å². The molecule has 0 atom stereocenters. The SMILES string of the molecule is C=C(Nc1ccc(CC2CCN(C)CC2)cc1)C1=Nc2ccc(C3=CC(C)=N3)cc21. The van der Waals surface area contributed by atoms with Gasteiger partial charge in [0.25, 0.3) is 0 Å². The summed E-state index contributed by atoms with van der Waals surface area (Å²) >= 11 is 0. The molecule has 0 saturated carbocycles. The average Bonchev–Trinajstić information content (AvgIpc) is 2.70. The first-order valence-electron chi connectivity index (χ1n) is 10.8. The highest BCUT2D eigenvalue weighted by Gasteiger charge is 2.23. The van der Waals surface area contributed by atoms with Gasteiger partial charge in [0.05, 0.1) is 22.8 Å². The molecule has 30 heavy (non-hydrogen) atoms. The van der Waals surface area contributed by atoms with E-state index >= 15 is 0 Å². The molecule has 152 valence electrons. The average molecular weight is 397 g/mol. The molecule has 0 unspecified atom stereocenters. The zero-order chi connectivity index (χ0) is 20.7. The van der Waals surface area contributed by atoms with Crippen molar-refractivity contribution >= 4 is 28.5 Å². The van der Waals surface area contributed by atoms with Gasteiger partial charge in [-0.1, -0.05) is 24.8 Å². The third kappa shape index (κ3) is 3.75. The molecule has 0 aromatic heterocycles. The zero-order valence-electron chi connectivity index (χ0n) is 17.8. The molecular formula is C26H28N4. The Hall–Kier alpha value is -2.98. The number of allylic oxidation sites excluding steroid dienone is 2. The summed E-state index contributed by atoms with van der Waals surface area (Å²) in [4.78, 5) is 11.5. The van der Waals surface area contributed by atoms with Crippen LogP contribution in [0.25, 0.3) is 5.70 Å². The van der Waals surface area contributed by atoms with Gasteiger partial charge in [0.15, 0.2) is 0 Å². The number of piperidine rings is 1. The lowest BCUT2D eigenvalue weighted by Crippen LogP contribution is -2.30. The fraction of sp³-hybridized carbons (Fsp3) is 0.308. The van der Waals surface area contributed by atoms with E-state index in [1.807, 2.05) is 6.92 Å². The highest BCUT2D eigenvalue weighted by molar-refractivity contribution is 6.23. The van der Waals surface area contributed by atoms with Gasteiger partial charge in [-0.2, -0.15) is 0 Å². The number of hydrogen-bond acceptors (Lipinski definition) is 4. The zero-order valence-corrected chi connectivity index (χ0v) is 17.8. The Morgan fingerprint density at radius 2 is 1.83 bits per heavy atom. The van der Waals surface area contributed by atoms with Crippen LogP contribution in [-0.4, -0.2) is 36.5 Å². The second kappa shape index (κ2) is 7.69. The van der Waals surface area contributed by atoms with Crippen molar-refractivity contribution in [1.82, 2.24) is 4.90 Å². The van der Waals surface area contributed by atoms with E-state index in [0.29, 0.717) is 0 Å². The lowest BCUT2D eigenvalue weighted by atomic mass is 9.90. The number of benzene rings is 2. The molecule has 2 aromatic carbocycles. The van der Waals surface area contributed by atoms with Crippen molar-refractivity contribution in [3.05, 3.63) is 77.5 Å². The van der Waals surface area contributed by atoms with Crippen molar-refractivity contribution in [3.63, 3.8) is 0 Å². The van der Waals surface area contributed by atoms with Crippen LogP contribution in [0.15, 0.2) is 70.8 Å². The predicted molar refractivity (Wildman–Crippen MR) is 127 cm³/mol. The first kappa shape index (κ1) is 19.0. The van der Waals surface area contributed by atoms with E-state index in [0.717, 1.165) is 51.2 Å². The van der Waals surface area contributed by atoms with Crippen molar-refractivity contribution in [2.45, 2.75) is 26.2 Å². The van der Waals surface area contributed by atoms with E-state index in [9.17, 15) is 0 Å². The molecular weight excluding hydrogens is 368 g/mol. The molecule has 1 fully saturated rings. The summed E-state index contributed by atoms with van der Waals surface area (Å²) in [6.45, 7) is 8.68. The molecule has 2 aromatic rings. The number of rotatable bonds is 6. The van der Waals surface area contributed by atoms with Crippen LogP contribution in [0.4, 0.5) is 11.4 Å². The maximum atomic E-state index is 4.64. The van der Waals surface area contributed by atoms with Crippen molar-refractivity contribution < 1.29 is 0 Å². The van der Waals surface area contributed by atoms with Crippen LogP contribution in [-0.2, 0) is 6.42 Å². The molecule has 1 saturated heterocycles. The monoisotopic (exact) mass is 396 g/mol. The van der Waals surface area contributed by atoms with Crippen LogP contribution in [0, 0.1) is 5.92 Å². The molecule has 4 heteroatoms. The highest BCUT2D eigenvalue weighted by atomic mass is 15.1. The number of hydrogen-bond donors (Lipinski definition) is 1. The van der Waals surface area contributed by atoms with Crippen LogP contribution >= 0.6 is 0 Å². The Labute approximate surface area is 178 Å². The Kier molecular flexibility index (Phi) is 4.87. The molecule has 0 spiro atoms. The minimum Gasteiger partial charge on any atom is -0.354 e. The van der Waals surface area contributed by atoms with Crippen molar-refractivity contribution in [2.24, 2.45) is 15.9 Å². The first-order chi connectivity index (χ1) is 14.5. The maximum Gasteiger partial charge on any atom is 0.0960 e. The Morgan fingerprint density at radius 3 is 2.53 bits per heavy atom. The van der Waals surface area contributed by atoms with Crippen molar-refractivity contribution in [2.75, 3.05) is 25.5 Å². The lowest BCUT2D eigenvalue weighted by Gasteiger charge is -2.29. The molecule has 5 rings (SSSR count). The normalized spacial score (nSPS) is 18.4. The van der Waals surface area contributed by atoms with Gasteiger partial charge in [0, 0.05) is 22.5 Å². The van der Waals surface area contributed by atoms with E-state index in [2.05, 4.69) is 82.4 Å². The van der Waals surface area contributed by atoms with Gasteiger partial charge in [-0.15, -0.1) is 0 Å². The molecule has 3 aliphatic rings. The summed E-state index contributed by atoms with van der Waals surface area (Å²) in [7, 11) is 2.22. The van der Waals surface area contributed by atoms with Gasteiger partial charge in [-0.3, -0.25) is 4.99 Å². The van der Waals surface area contributed by atoms with Gasteiger partial charge in [-0.05, 0) is 88.1 Å². The van der Waals surface area contributed by atoms with Crippen LogP contribution in [0.1, 0.15) is 36.5 Å². The molecule has 3 aliphatic heterocycles. The molecule has 0 amide bonds. The van der Waals surface area contributed by atoms with E-state index in [1.165, 1.54) is 37.9 Å². The quantitative estimate of drug-likeness (QED) is 0.706. The summed E-state index contributed by atoms with van der Waals surface area (Å²) in [6, 6.07) is 15.1. The number of nitrogens with one attached hydrogen (secondary N) is 1. The van der Waals surface area contributed by atoms with E-state index in [1.54, 1.807) is 0 Å². The first-order valence-corrected chi connectivity index (χ1v) is 10.8. The third-order valence-electron chi connectivity index (χ3n) is 6.32. The molecule has 3 heterocycles. The summed E-state index contributed by atoms with van der Waals surface area (Å²) < 4.78 is 0. The second-order valence-electron chi connectivity index (χ2n) is 8.73. The maximum absolute atomic E-state index is 4.64. The van der Waals surface area contributed by atoms with Crippen molar-refractivity contribution in [1.29, 1.82) is 0 Å². The summed E-state index contributed by atoms with van der Waals surface area (Å²) in [5, 5.41) is 3.43. The smallest absolute Gasteiger partial charge is 0.0960 e. The number of likely N-dealkylation sites (tertiary alicyclic amines) is 1. The Morgan fingerprint density at radius 1 is 1.10 bits per heavy atom. The largest absolute Gasteiger partial charge is 0.354 e. The van der Waals surface area contributed by atoms with Crippen molar-refractivity contribution in [3.8, 4) is 0 Å². The number of nitrogens with zero attached hydrogens (tertiary/aromatic N) is 3. The molecule has 4 nitrogen and oxygen atoms in total. The number of aliphatic imine (C=N–C) groups is 2. The Bertz CT molecular complexity index is 1080. The fourth-order valence-electron chi connectivity index (χ4n) is 4.43. The van der Waals surface area contributed by atoms with Gasteiger partial charge in [-0.25, -0.2) is 4.99 Å². The van der Waals surface area contributed by atoms with Gasteiger partial charge in [0.1, 0.15) is 0 Å². The summed E-state index contributed by atoms with van der Waals surface area (Å²) in [5.74, 6) is 0.809. The third-order valence-corrected chi connectivity index (χ3v) is 6.32. The highest BCUT2D eigenvalue weighted by Crippen LogP contribution is 2.36. The van der Waals surface area contributed by atoms with E-state index in [4.69, 9.17) is 0 Å². The number of fused-ring (bicyclic) bond motifs is 1. The predicted octanol–water partition coefficient (Wildman–Crippen LogP) is 5.45. The van der Waals surface area contributed by atoms with E-state index in [-0.39, 0.29) is 0 Å². The fourth-order valence-corrected chi connectivity index (χ4v) is 4.43. The minimum absolute atomic E-state index is 0.809. The lowest BCUT2D eigenvalue weighted by molar-refractivity contribution is 0.219. The second-order valence-corrected chi connectivity index (χ2v) is 8.73. The number of anilines is 1. The minimum atomic E-state index is 0.809. The van der Waals surface area contributed by atoms with Gasteiger partial charge in [0.2, 0.25) is 0 Å². The van der Waals surface area contributed by atoms with Crippen LogP contribution in [0.2, 0.25) is 0 Å². The molecule has 1 N–H and O–H groups in total. The Balaban J connectivity index is 1.20. The van der Waals surface area contributed by atoms with Crippen LogP contribution < -0.4 is 5.32 Å². The molecule has 0 aliphatic carbocycles. The summed E-state index contributed by atoms with van der Waals surface area (Å²) in [5.41, 5.74) is 9.66. The standard InChI is InChI=1S/C26H28N4/c1-17-14-25(27-17)21-6-9-24-23(16-21)26(29-24)18(2)28-22-7-4-19(5-8-22)15-20-10-12-30(3)13-11-20/h4-9,14,16,20,28H,2,10-13,15H2,1,3H3. The topological polar surface area (TPSA) is 40.0 Å². The molecule has 0 bridgehead atoms. The molecule has 0 radical (unpaired) electrons. The van der Waals surface area contributed by atoms with Gasteiger partial charge >= 0.3 is 0 Å². The summed E-state index contributed by atoms with van der Waals surface area (Å²) in [6.07, 6.45) is 5.89.